The number of aliphatic hydroxyl groups is 1. The van der Waals surface area contributed by atoms with E-state index < -0.39 is 5.60 Å². The van der Waals surface area contributed by atoms with Crippen molar-refractivity contribution in [1.29, 1.82) is 0 Å². The van der Waals surface area contributed by atoms with Gasteiger partial charge in [0.2, 0.25) is 0 Å². The second kappa shape index (κ2) is 6.75. The van der Waals surface area contributed by atoms with Crippen LogP contribution in [0.25, 0.3) is 0 Å². The Labute approximate surface area is 138 Å². The molecule has 3 atom stereocenters. The van der Waals surface area contributed by atoms with Gasteiger partial charge in [-0.25, -0.2) is 0 Å². The lowest BCUT2D eigenvalue weighted by atomic mass is 9.79. The zero-order valence-electron chi connectivity index (χ0n) is 14.4. The molecule has 0 aliphatic carbocycles. The van der Waals surface area contributed by atoms with Crippen LogP contribution in [0.15, 0.2) is 12.1 Å². The average molecular weight is 320 g/mol. The molecule has 1 aromatic heterocycles. The molecule has 2 aliphatic rings. The molecule has 0 radical (unpaired) electrons. The molecule has 5 heteroatoms. The fraction of sp³-hybridized carbons (Fsp3) is 0.722. The van der Waals surface area contributed by atoms with Crippen molar-refractivity contribution in [3.8, 4) is 5.75 Å². The molecule has 128 valence electrons. The Kier molecular flexibility index (Phi) is 4.90. The quantitative estimate of drug-likeness (QED) is 0.921. The molecule has 1 aromatic rings. The summed E-state index contributed by atoms with van der Waals surface area (Å²) in [6.07, 6.45) is 3.01. The van der Waals surface area contributed by atoms with Crippen molar-refractivity contribution < 1.29 is 14.6 Å². The van der Waals surface area contributed by atoms with E-state index >= 15 is 0 Å². The Bertz CT molecular complexity index is 547. The van der Waals surface area contributed by atoms with E-state index in [0.717, 1.165) is 43.1 Å². The summed E-state index contributed by atoms with van der Waals surface area (Å²) in [5, 5.41) is 10.8. The predicted molar refractivity (Wildman–Crippen MR) is 88.5 cm³/mol. The van der Waals surface area contributed by atoms with Gasteiger partial charge in [0.15, 0.2) is 0 Å². The molecule has 3 heterocycles. The zero-order valence-corrected chi connectivity index (χ0v) is 14.4. The minimum atomic E-state index is -0.636. The number of pyridine rings is 1. The highest BCUT2D eigenvalue weighted by molar-refractivity contribution is 5.26. The Morgan fingerprint density at radius 2 is 2.30 bits per heavy atom. The molecule has 3 rings (SSSR count). The summed E-state index contributed by atoms with van der Waals surface area (Å²) in [6.45, 7) is 7.12. The van der Waals surface area contributed by atoms with E-state index in [0.29, 0.717) is 19.3 Å². The number of hydrogen-bond donors (Lipinski definition) is 1. The molecular formula is C18H28N2O3. The van der Waals surface area contributed by atoms with Crippen LogP contribution in [0.1, 0.15) is 37.6 Å². The van der Waals surface area contributed by atoms with Crippen LogP contribution in [0, 0.1) is 12.8 Å². The van der Waals surface area contributed by atoms with Crippen molar-refractivity contribution in [2.45, 2.75) is 51.3 Å². The first kappa shape index (κ1) is 16.7. The number of aryl methyl sites for hydroxylation is 1. The third-order valence-electron chi connectivity index (χ3n) is 5.31. The number of rotatable bonds is 4. The maximum atomic E-state index is 10.8. The topological polar surface area (TPSA) is 54.8 Å². The van der Waals surface area contributed by atoms with Crippen molar-refractivity contribution in [3.05, 3.63) is 23.5 Å². The minimum Gasteiger partial charge on any atom is -0.497 e. The van der Waals surface area contributed by atoms with E-state index in [2.05, 4.69) is 9.88 Å². The zero-order chi connectivity index (χ0) is 16.4. The van der Waals surface area contributed by atoms with Gasteiger partial charge in [-0.05, 0) is 39.7 Å². The molecule has 1 N–H and O–H groups in total. The third kappa shape index (κ3) is 3.67. The fourth-order valence-electron chi connectivity index (χ4n) is 3.99. The average Bonchev–Trinajstić information content (AvgIpc) is 2.94. The lowest BCUT2D eigenvalue weighted by Gasteiger charge is -2.43. The molecule has 0 amide bonds. The Balaban J connectivity index is 1.75. The van der Waals surface area contributed by atoms with E-state index in [1.165, 1.54) is 6.42 Å². The molecule has 23 heavy (non-hydrogen) atoms. The summed E-state index contributed by atoms with van der Waals surface area (Å²) < 4.78 is 11.0. The van der Waals surface area contributed by atoms with Gasteiger partial charge in [-0.2, -0.15) is 0 Å². The van der Waals surface area contributed by atoms with Crippen LogP contribution < -0.4 is 4.74 Å². The van der Waals surface area contributed by atoms with Crippen LogP contribution >= 0.6 is 0 Å². The number of aromatic nitrogens is 1. The van der Waals surface area contributed by atoms with Crippen LogP contribution in [0.5, 0.6) is 5.75 Å². The summed E-state index contributed by atoms with van der Waals surface area (Å²) in [5.74, 6) is 1.03. The second-order valence-corrected chi connectivity index (χ2v) is 7.11. The van der Waals surface area contributed by atoms with Gasteiger partial charge in [0, 0.05) is 42.9 Å². The van der Waals surface area contributed by atoms with E-state index in [9.17, 15) is 5.11 Å². The van der Waals surface area contributed by atoms with Gasteiger partial charge in [0.05, 0.1) is 25.0 Å². The number of ether oxygens (including phenoxy) is 2. The summed E-state index contributed by atoms with van der Waals surface area (Å²) >= 11 is 0. The smallest absolute Gasteiger partial charge is 0.122 e. The first-order valence-electron chi connectivity index (χ1n) is 8.55. The van der Waals surface area contributed by atoms with Crippen molar-refractivity contribution >= 4 is 0 Å². The highest BCUT2D eigenvalue weighted by atomic mass is 16.5. The maximum Gasteiger partial charge on any atom is 0.122 e. The number of hydrogen-bond acceptors (Lipinski definition) is 5. The predicted octanol–water partition coefficient (Wildman–Crippen LogP) is 2.15. The monoisotopic (exact) mass is 320 g/mol. The lowest BCUT2D eigenvalue weighted by molar-refractivity contribution is -0.123. The molecule has 2 fully saturated rings. The minimum absolute atomic E-state index is 0.172. The van der Waals surface area contributed by atoms with Gasteiger partial charge < -0.3 is 14.6 Å². The molecule has 5 nitrogen and oxygen atoms in total. The van der Waals surface area contributed by atoms with E-state index in [1.54, 1.807) is 7.11 Å². The van der Waals surface area contributed by atoms with Gasteiger partial charge >= 0.3 is 0 Å². The molecule has 0 unspecified atom stereocenters. The van der Waals surface area contributed by atoms with Crippen LogP contribution in [-0.2, 0) is 11.3 Å². The standard InChI is InChI=1S/C18H28N2O3/c1-13-9-15(22-3)10-14(19-13)11-20-7-4-5-17(20)16-12-23-8-6-18(16,2)21/h9-10,16-17,21H,4-8,11-12H2,1-3H3/t16-,17+,18+/m0/s1. The van der Waals surface area contributed by atoms with Crippen LogP contribution in [0.4, 0.5) is 0 Å². The molecular weight excluding hydrogens is 292 g/mol. The van der Waals surface area contributed by atoms with Crippen molar-refractivity contribution in [2.75, 3.05) is 26.9 Å². The summed E-state index contributed by atoms with van der Waals surface area (Å²) in [4.78, 5) is 7.10. The van der Waals surface area contributed by atoms with Crippen molar-refractivity contribution in [1.82, 2.24) is 9.88 Å². The van der Waals surface area contributed by atoms with Crippen LogP contribution in [0.2, 0.25) is 0 Å². The summed E-state index contributed by atoms with van der Waals surface area (Å²) in [6, 6.07) is 4.32. The fourth-order valence-corrected chi connectivity index (χ4v) is 3.99. The number of nitrogens with zero attached hydrogens (tertiary/aromatic N) is 2. The summed E-state index contributed by atoms with van der Waals surface area (Å²) in [5.41, 5.74) is 1.37. The Morgan fingerprint density at radius 1 is 1.48 bits per heavy atom. The van der Waals surface area contributed by atoms with Gasteiger partial charge in [0.1, 0.15) is 5.75 Å². The summed E-state index contributed by atoms with van der Waals surface area (Å²) in [7, 11) is 1.69. The molecule has 0 saturated carbocycles. The van der Waals surface area contributed by atoms with E-state index in [-0.39, 0.29) is 5.92 Å². The molecule has 0 aromatic carbocycles. The Morgan fingerprint density at radius 3 is 3.04 bits per heavy atom. The van der Waals surface area contributed by atoms with Gasteiger partial charge in [0.25, 0.3) is 0 Å². The van der Waals surface area contributed by atoms with Gasteiger partial charge in [-0.15, -0.1) is 0 Å². The maximum absolute atomic E-state index is 10.8. The van der Waals surface area contributed by atoms with Crippen LogP contribution in [0.3, 0.4) is 0 Å². The highest BCUT2D eigenvalue weighted by Crippen LogP contribution is 2.36. The first-order valence-corrected chi connectivity index (χ1v) is 8.55. The molecule has 0 bridgehead atoms. The van der Waals surface area contributed by atoms with E-state index in [4.69, 9.17) is 9.47 Å². The highest BCUT2D eigenvalue weighted by Gasteiger charge is 2.44. The largest absolute Gasteiger partial charge is 0.497 e. The molecule has 0 spiro atoms. The first-order chi connectivity index (χ1) is 11.0. The number of methoxy groups -OCH3 is 1. The normalized spacial score (nSPS) is 32.2. The van der Waals surface area contributed by atoms with Gasteiger partial charge in [-0.1, -0.05) is 0 Å². The van der Waals surface area contributed by atoms with Crippen molar-refractivity contribution in [2.24, 2.45) is 5.92 Å². The third-order valence-corrected chi connectivity index (χ3v) is 5.31. The molecule has 2 saturated heterocycles. The van der Waals surface area contributed by atoms with Gasteiger partial charge in [-0.3, -0.25) is 9.88 Å². The lowest BCUT2D eigenvalue weighted by Crippen LogP contribution is -2.52. The molecule has 2 aliphatic heterocycles. The Hall–Kier alpha value is -1.17. The number of likely N-dealkylation sites (tertiary alicyclic amines) is 1. The second-order valence-electron chi connectivity index (χ2n) is 7.11. The SMILES string of the molecule is COc1cc(C)nc(CN2CCC[C@@H]2[C@@H]2COCC[C@@]2(C)O)c1. The van der Waals surface area contributed by atoms with Crippen LogP contribution in [-0.4, -0.2) is 53.5 Å². The van der Waals surface area contributed by atoms with Crippen molar-refractivity contribution in [3.63, 3.8) is 0 Å². The van der Waals surface area contributed by atoms with E-state index in [1.807, 2.05) is 26.0 Å².